The molecule has 0 saturated heterocycles. The second-order valence-corrected chi connectivity index (χ2v) is 11.7. The minimum atomic E-state index is -0.177. The van der Waals surface area contributed by atoms with Crippen LogP contribution in [0.3, 0.4) is 0 Å². The largest absolute Gasteiger partial charge is 0.361 e. The molecule has 0 fully saturated rings. The number of likely N-dealkylation sites (N-methyl/N-ethyl adjacent to an activating group) is 1. The molecule has 11 heteroatoms. The average Bonchev–Trinajstić information content (AvgIpc) is 3.36. The van der Waals surface area contributed by atoms with Crippen molar-refractivity contribution < 1.29 is 4.79 Å². The number of carbonyl (C=O) groups excluding carboxylic acids is 1. The van der Waals surface area contributed by atoms with Gasteiger partial charge in [-0.05, 0) is 61.6 Å². The second-order valence-electron chi connectivity index (χ2n) is 10.5. The quantitative estimate of drug-likeness (QED) is 0.269. The zero-order valence-electron chi connectivity index (χ0n) is 23.9. The van der Waals surface area contributed by atoms with Crippen LogP contribution in [0.4, 0.5) is 0 Å². The lowest BCUT2D eigenvalue weighted by atomic mass is 10.0. The smallest absolute Gasteiger partial charge is 0.226 e. The number of rotatable bonds is 13. The molecule has 0 radical (unpaired) electrons. The summed E-state index contributed by atoms with van der Waals surface area (Å²) in [5.41, 5.74) is 3.29. The number of imidazole rings is 1. The lowest BCUT2D eigenvalue weighted by Gasteiger charge is -2.33. The van der Waals surface area contributed by atoms with Crippen molar-refractivity contribution in [2.24, 2.45) is 5.92 Å². The van der Waals surface area contributed by atoms with E-state index in [-0.39, 0.29) is 24.3 Å². The number of aromatic nitrogens is 2. The fourth-order valence-corrected chi connectivity index (χ4v) is 4.82. The first kappa shape index (κ1) is 32.4. The maximum Gasteiger partial charge on any atom is 0.226 e. The van der Waals surface area contributed by atoms with Crippen LogP contribution in [0.2, 0.25) is 10.0 Å². The Bertz CT molecular complexity index is 1350. The fourth-order valence-electron chi connectivity index (χ4n) is 4.20. The number of nitriles is 1. The van der Waals surface area contributed by atoms with Gasteiger partial charge in [-0.2, -0.15) is 5.26 Å². The Morgan fingerprint density at radius 3 is 2.56 bits per heavy atom. The first-order chi connectivity index (χ1) is 19.6. The van der Waals surface area contributed by atoms with Crippen molar-refractivity contribution in [1.29, 1.82) is 5.26 Å². The maximum absolute atomic E-state index is 13.3. The van der Waals surface area contributed by atoms with E-state index in [1.54, 1.807) is 30.7 Å². The minimum Gasteiger partial charge on any atom is -0.361 e. The summed E-state index contributed by atoms with van der Waals surface area (Å²) in [7, 11) is 4.02. The molecule has 1 atom stereocenters. The molecule has 3 rings (SSSR count). The summed E-state index contributed by atoms with van der Waals surface area (Å²) in [5, 5.41) is 17.2. The predicted molar refractivity (Wildman–Crippen MR) is 169 cm³/mol. The molecule has 1 heterocycles. The van der Waals surface area contributed by atoms with E-state index in [9.17, 15) is 4.79 Å². The number of halogens is 2. The third-order valence-electron chi connectivity index (χ3n) is 6.66. The van der Waals surface area contributed by atoms with Crippen molar-refractivity contribution in [3.8, 4) is 6.07 Å². The Balaban J connectivity index is 1.71. The van der Waals surface area contributed by atoms with Crippen LogP contribution in [-0.4, -0.2) is 70.1 Å². The predicted octanol–water partition coefficient (Wildman–Crippen LogP) is 4.73. The molecular formula is C30H37Cl2N7OS. The first-order valence-corrected chi connectivity index (χ1v) is 14.6. The van der Waals surface area contributed by atoms with Gasteiger partial charge in [0.05, 0.1) is 34.4 Å². The molecule has 0 aliphatic rings. The van der Waals surface area contributed by atoms with Crippen LogP contribution in [0.15, 0.2) is 55.0 Å². The average molecular weight is 615 g/mol. The van der Waals surface area contributed by atoms with E-state index in [0.717, 1.165) is 23.4 Å². The molecule has 0 spiro atoms. The number of benzene rings is 2. The Morgan fingerprint density at radius 1 is 1.17 bits per heavy atom. The third kappa shape index (κ3) is 10.0. The van der Waals surface area contributed by atoms with Gasteiger partial charge in [-0.15, -0.1) is 0 Å². The summed E-state index contributed by atoms with van der Waals surface area (Å²) in [6.07, 6.45) is 3.62. The van der Waals surface area contributed by atoms with E-state index in [4.69, 9.17) is 40.7 Å². The Morgan fingerprint density at radius 2 is 1.90 bits per heavy atom. The molecule has 0 aliphatic heterocycles. The van der Waals surface area contributed by atoms with E-state index in [2.05, 4.69) is 40.4 Å². The minimum absolute atomic E-state index is 0.0995. The first-order valence-electron chi connectivity index (χ1n) is 13.4. The van der Waals surface area contributed by atoms with Gasteiger partial charge in [-0.25, -0.2) is 4.98 Å². The van der Waals surface area contributed by atoms with Crippen molar-refractivity contribution in [3.05, 3.63) is 87.4 Å². The van der Waals surface area contributed by atoms with E-state index in [1.165, 1.54) is 0 Å². The standard InChI is InChI=1S/C30H37Cl2N7OS/c1-21(2)27(19-38(30(41)35-12-13-37(3)4)18-24-6-5-7-26(31)29(24)32)36-28(40)14-25-16-34-20-39(25)17-23-10-8-22(15-33)9-11-23/h5-11,16,20-21,27H,12-14,17-19H2,1-4H3,(H,35,41)(H,36,40). The summed E-state index contributed by atoms with van der Waals surface area (Å²) in [4.78, 5) is 21.6. The fraction of sp³-hybridized carbons (Fsp3) is 0.400. The molecule has 8 nitrogen and oxygen atoms in total. The van der Waals surface area contributed by atoms with Crippen LogP contribution in [0.1, 0.15) is 36.2 Å². The molecular weight excluding hydrogens is 577 g/mol. The highest BCUT2D eigenvalue weighted by atomic mass is 35.5. The van der Waals surface area contributed by atoms with Gasteiger partial charge in [0.15, 0.2) is 5.11 Å². The molecule has 2 N–H and O–H groups in total. The number of hydrogen-bond acceptors (Lipinski definition) is 5. The number of nitrogens with one attached hydrogen (secondary N) is 2. The Labute approximate surface area is 258 Å². The molecule has 1 aromatic heterocycles. The van der Waals surface area contributed by atoms with E-state index in [1.807, 2.05) is 47.8 Å². The van der Waals surface area contributed by atoms with Crippen molar-refractivity contribution >= 4 is 46.4 Å². The van der Waals surface area contributed by atoms with E-state index in [0.29, 0.717) is 46.9 Å². The van der Waals surface area contributed by atoms with Crippen LogP contribution in [0, 0.1) is 17.2 Å². The summed E-state index contributed by atoms with van der Waals surface area (Å²) in [5.74, 6) is 0.0434. The van der Waals surface area contributed by atoms with Crippen LogP contribution in [-0.2, 0) is 24.3 Å². The van der Waals surface area contributed by atoms with Crippen molar-refractivity contribution in [2.45, 2.75) is 39.4 Å². The van der Waals surface area contributed by atoms with Gasteiger partial charge in [-0.1, -0.05) is 61.3 Å². The molecule has 3 aromatic rings. The monoisotopic (exact) mass is 613 g/mol. The summed E-state index contributed by atoms with van der Waals surface area (Å²) in [6.45, 7) is 7.16. The van der Waals surface area contributed by atoms with E-state index >= 15 is 0 Å². The third-order valence-corrected chi connectivity index (χ3v) is 7.92. The van der Waals surface area contributed by atoms with Crippen LogP contribution < -0.4 is 10.6 Å². The topological polar surface area (TPSA) is 89.2 Å². The van der Waals surface area contributed by atoms with Gasteiger partial charge in [0.1, 0.15) is 0 Å². The molecule has 0 aliphatic carbocycles. The molecule has 1 amide bonds. The van der Waals surface area contributed by atoms with Gasteiger partial charge in [0.2, 0.25) is 5.91 Å². The van der Waals surface area contributed by atoms with Crippen molar-refractivity contribution in [3.63, 3.8) is 0 Å². The van der Waals surface area contributed by atoms with Gasteiger partial charge in [0.25, 0.3) is 0 Å². The number of thiocarbonyl (C=S) groups is 1. The molecule has 0 saturated carbocycles. The molecule has 1 unspecified atom stereocenters. The molecule has 218 valence electrons. The van der Waals surface area contributed by atoms with Crippen LogP contribution in [0.25, 0.3) is 0 Å². The van der Waals surface area contributed by atoms with Gasteiger partial charge >= 0.3 is 0 Å². The Kier molecular flexibility index (Phi) is 12.4. The lowest BCUT2D eigenvalue weighted by molar-refractivity contribution is -0.121. The number of hydrogen-bond donors (Lipinski definition) is 2. The van der Waals surface area contributed by atoms with Crippen LogP contribution in [0.5, 0.6) is 0 Å². The zero-order chi connectivity index (χ0) is 29.9. The van der Waals surface area contributed by atoms with Gasteiger partial charge in [0, 0.05) is 50.7 Å². The highest BCUT2D eigenvalue weighted by molar-refractivity contribution is 7.80. The summed E-state index contributed by atoms with van der Waals surface area (Å²) >= 11 is 18.6. The van der Waals surface area contributed by atoms with Crippen LogP contribution >= 0.6 is 35.4 Å². The number of nitrogens with zero attached hydrogens (tertiary/aromatic N) is 5. The summed E-state index contributed by atoms with van der Waals surface area (Å²) in [6, 6.07) is 14.9. The zero-order valence-corrected chi connectivity index (χ0v) is 26.2. The van der Waals surface area contributed by atoms with Crippen molar-refractivity contribution in [2.75, 3.05) is 33.7 Å². The lowest BCUT2D eigenvalue weighted by Crippen LogP contribution is -2.51. The SMILES string of the molecule is CC(C)C(CN(Cc1cccc(Cl)c1Cl)C(=S)NCCN(C)C)NC(=O)Cc1cncn1Cc1ccc(C#N)cc1. The van der Waals surface area contributed by atoms with E-state index < -0.39 is 0 Å². The molecule has 41 heavy (non-hydrogen) atoms. The molecule has 0 bridgehead atoms. The summed E-state index contributed by atoms with van der Waals surface area (Å²) < 4.78 is 1.95. The maximum atomic E-state index is 13.3. The molecule has 2 aromatic carbocycles. The second kappa shape index (κ2) is 15.7. The highest BCUT2D eigenvalue weighted by Gasteiger charge is 2.23. The number of amides is 1. The van der Waals surface area contributed by atoms with Gasteiger partial charge in [-0.3, -0.25) is 4.79 Å². The Hall–Kier alpha value is -3.16. The van der Waals surface area contributed by atoms with Gasteiger partial charge < -0.3 is 25.0 Å². The van der Waals surface area contributed by atoms with Crippen molar-refractivity contribution in [1.82, 2.24) is 30.0 Å². The normalized spacial score (nSPS) is 11.8. The number of carbonyl (C=O) groups is 1. The highest BCUT2D eigenvalue weighted by Crippen LogP contribution is 2.27.